The molecule has 0 heterocycles. The van der Waals surface area contributed by atoms with Crippen LogP contribution in [-0.2, 0) is 0 Å². The molecule has 0 fully saturated rings. The van der Waals surface area contributed by atoms with Crippen LogP contribution in [0.4, 0.5) is 0 Å². The fourth-order valence-corrected chi connectivity index (χ4v) is 0. The summed E-state index contributed by atoms with van der Waals surface area (Å²) in [4.78, 5) is 41.8. The molecule has 5 N–H and O–H groups in total. The van der Waals surface area contributed by atoms with Crippen molar-refractivity contribution in [2.45, 2.75) is 0 Å². The van der Waals surface area contributed by atoms with Gasteiger partial charge in [0.25, 0.3) is 25.4 Å². The first-order chi connectivity index (χ1) is 8.66. The van der Waals surface area contributed by atoms with E-state index < -0.39 is 25.4 Å². The molecule has 0 atom stereocenters. The van der Waals surface area contributed by atoms with E-state index >= 15 is 0 Å². The van der Waals surface area contributed by atoms with Crippen molar-refractivity contribution in [2.24, 2.45) is 0 Å². The normalized spacial score (nSPS) is 3.33. The van der Waals surface area contributed by atoms with Gasteiger partial charge in [-0.3, -0.25) is 0 Å². The average molecular weight is 442 g/mol. The van der Waals surface area contributed by atoms with Crippen LogP contribution in [0.25, 0.3) is 0 Å². The summed E-state index contributed by atoms with van der Waals surface area (Å²) in [5.41, 5.74) is 0. The molecule has 0 rings (SSSR count). The molecule has 0 amide bonds. The Morgan fingerprint density at radius 2 is 0.250 bits per heavy atom. The van der Waals surface area contributed by atoms with Crippen molar-refractivity contribution >= 4 is 302 Å². The van der Waals surface area contributed by atoms with Gasteiger partial charge >= 0.3 is 302 Å². The SMILES string of the molecule is O=[N+]([O-])O.O=[N+]([O-])O.O=[N+]([O-])O.O=[N+]([O-])O.O=[N+]([O-])O.[LiH].[LiH].[LiH].[LiH].[LiH].[LiH].[LiH].[LiH].[LiH].[LiH].[LiH].[LiH].[LiH].[LiH].[LiH].[LiH]. The van der Waals surface area contributed by atoms with Crippen LogP contribution in [-0.4, -0.2) is 353 Å². The fourth-order valence-electron chi connectivity index (χ4n) is 0. The number of rotatable bonds is 0. The van der Waals surface area contributed by atoms with Gasteiger partial charge in [-0.05, 0) is 0 Å². The van der Waals surface area contributed by atoms with Crippen LogP contribution in [0.5, 0.6) is 0 Å². The Bertz CT molecular complexity index is 237. The van der Waals surface area contributed by atoms with E-state index in [0.29, 0.717) is 0 Å². The molecule has 0 unspecified atom stereocenters. The average Bonchev–Trinajstić information content (AvgIpc) is 1.94. The van der Waals surface area contributed by atoms with Crippen molar-refractivity contribution in [3.05, 3.63) is 50.6 Å². The van der Waals surface area contributed by atoms with Crippen molar-refractivity contribution in [2.75, 3.05) is 0 Å². The van der Waals surface area contributed by atoms with Crippen molar-refractivity contribution in [1.29, 1.82) is 0 Å². The second-order valence-corrected chi connectivity index (χ2v) is 1.19. The first-order valence-electron chi connectivity index (χ1n) is 2.83. The third kappa shape index (κ3) is 1900. The van der Waals surface area contributed by atoms with Gasteiger partial charge in [0.2, 0.25) is 0 Å². The summed E-state index contributed by atoms with van der Waals surface area (Å²) >= 11 is 0. The molecule has 0 saturated carbocycles. The van der Waals surface area contributed by atoms with E-state index in [1.165, 1.54) is 0 Å². The molecule has 36 heteroatoms. The first-order valence-corrected chi connectivity index (χ1v) is 2.83. The van der Waals surface area contributed by atoms with Crippen molar-refractivity contribution < 1.29 is 51.5 Å². The van der Waals surface area contributed by atoms with Crippen LogP contribution in [0.3, 0.4) is 0 Å². The summed E-state index contributed by atoms with van der Waals surface area (Å²) in [6.45, 7) is 0. The van der Waals surface area contributed by atoms with E-state index in [1.54, 1.807) is 0 Å². The van der Waals surface area contributed by atoms with Crippen molar-refractivity contribution in [3.8, 4) is 0 Å². The molecule has 0 aliphatic carbocycles. The number of hydrogen-bond acceptors (Lipinski definition) is 10. The topological polar surface area (TPSA) is 317 Å². The molecule has 0 aliphatic rings. The third-order valence-corrected chi connectivity index (χ3v) is 0. The quantitative estimate of drug-likeness (QED) is 0.132. The molecule has 0 aromatic carbocycles. The van der Waals surface area contributed by atoms with Gasteiger partial charge in [-0.15, -0.1) is 50.6 Å². The van der Waals surface area contributed by atoms with Crippen LogP contribution < -0.4 is 0 Å². The number of nitrogens with zero attached hydrogens (tertiary/aromatic N) is 5. The molecule has 0 radical (unpaired) electrons. The van der Waals surface area contributed by atoms with Gasteiger partial charge in [-0.2, -0.15) is 0 Å². The minimum atomic E-state index is -1.50. The van der Waals surface area contributed by atoms with Gasteiger partial charge in [0.15, 0.2) is 0 Å². The zero-order chi connectivity index (χ0) is 17.9. The monoisotopic (exact) mass is 443 g/mol. The Balaban J connectivity index is -0.00000000370. The molecular weight excluding hydrogens is 421 g/mol. The van der Waals surface area contributed by atoms with Crippen LogP contribution in [0, 0.1) is 50.6 Å². The predicted octanol–water partition coefficient (Wildman–Crippen LogP) is -12.1. The number of hydrogen-bond donors (Lipinski definition) is 5. The molecule has 0 aromatic heterocycles. The Kier molecular flexibility index (Phi) is 675. The Morgan fingerprint density at radius 3 is 0.250 bits per heavy atom. The molecule has 0 aliphatic heterocycles. The molecule has 20 nitrogen and oxygen atoms in total. The van der Waals surface area contributed by atoms with E-state index in [0.717, 1.165) is 0 Å². The van der Waals surface area contributed by atoms with E-state index in [9.17, 15) is 0 Å². The van der Waals surface area contributed by atoms with Gasteiger partial charge in [-0.1, -0.05) is 0 Å². The molecule has 0 bridgehead atoms. The molecular formula is H21Li16N5O15. The first kappa shape index (κ1) is 162. The van der Waals surface area contributed by atoms with Gasteiger partial charge < -0.3 is 26.0 Å². The fraction of sp³-hybridized carbons (Fsp3) is 0. The van der Waals surface area contributed by atoms with Crippen LogP contribution in [0.15, 0.2) is 0 Å². The van der Waals surface area contributed by atoms with Gasteiger partial charge in [-0.25, -0.2) is 0 Å². The van der Waals surface area contributed by atoms with E-state index in [1.807, 2.05) is 0 Å². The zero-order valence-corrected chi connectivity index (χ0v) is 8.55. The van der Waals surface area contributed by atoms with Gasteiger partial charge in [0.05, 0.1) is 0 Å². The summed E-state index contributed by atoms with van der Waals surface area (Å²) in [7, 11) is 0. The summed E-state index contributed by atoms with van der Waals surface area (Å²) in [5, 5.41) is 68.2. The molecule has 0 saturated heterocycles. The van der Waals surface area contributed by atoms with E-state index in [2.05, 4.69) is 0 Å². The van der Waals surface area contributed by atoms with Crippen molar-refractivity contribution in [1.82, 2.24) is 0 Å². The Morgan fingerprint density at radius 1 is 0.250 bits per heavy atom. The molecule has 0 spiro atoms. The van der Waals surface area contributed by atoms with E-state index in [4.69, 9.17) is 76.6 Å². The Hall–Kier alpha value is 5.56. The minimum absolute atomic E-state index is 0. The Labute approximate surface area is 396 Å². The van der Waals surface area contributed by atoms with Crippen LogP contribution in [0.1, 0.15) is 0 Å². The standard InChI is InChI=1S/16Li.5HNO3.16H/c;;;;;;;;;;;;;;;;5*2-1(3)4;;;;;;;;;;;;;;;;/h;;;;;;;;;;;;;;;;5*(H,2,3,4);;;;;;;;;;;;;;;;. The predicted molar refractivity (Wildman–Crippen MR) is 158 cm³/mol. The maximum atomic E-state index is 8.36. The second kappa shape index (κ2) is 150. The summed E-state index contributed by atoms with van der Waals surface area (Å²) in [6, 6.07) is 0. The summed E-state index contributed by atoms with van der Waals surface area (Å²) in [5.74, 6) is 0. The molecule has 152 valence electrons. The molecule has 36 heavy (non-hydrogen) atoms. The van der Waals surface area contributed by atoms with E-state index in [-0.39, 0.29) is 302 Å². The van der Waals surface area contributed by atoms with Crippen LogP contribution in [0.2, 0.25) is 0 Å². The van der Waals surface area contributed by atoms with Crippen LogP contribution >= 0.6 is 0 Å². The summed E-state index contributed by atoms with van der Waals surface area (Å²) < 4.78 is 0. The summed E-state index contributed by atoms with van der Waals surface area (Å²) in [6.07, 6.45) is 0. The van der Waals surface area contributed by atoms with Gasteiger partial charge in [0.1, 0.15) is 0 Å². The second-order valence-electron chi connectivity index (χ2n) is 1.19. The molecule has 0 aromatic rings. The van der Waals surface area contributed by atoms with Crippen molar-refractivity contribution in [3.63, 3.8) is 0 Å². The third-order valence-electron chi connectivity index (χ3n) is 0. The van der Waals surface area contributed by atoms with Gasteiger partial charge in [0, 0.05) is 0 Å². The maximum absolute atomic E-state index is 8.36. The zero-order valence-electron chi connectivity index (χ0n) is 8.55.